The summed E-state index contributed by atoms with van der Waals surface area (Å²) in [4.78, 5) is 14.4. The molecule has 0 saturated heterocycles. The largest absolute Gasteiger partial charge is 0.496 e. The number of hydrogen-bond donors (Lipinski definition) is 1. The Labute approximate surface area is 139 Å². The van der Waals surface area contributed by atoms with E-state index in [4.69, 9.17) is 9.47 Å². The van der Waals surface area contributed by atoms with Crippen molar-refractivity contribution < 1.29 is 14.3 Å². The molecule has 1 aromatic carbocycles. The SMILES string of the molecule is COCCN(C)CCCNC(=O)[C@@H]1C[C@@H]1c1ccccc1OC. The predicted octanol–water partition coefficient (Wildman–Crippen LogP) is 1.88. The summed E-state index contributed by atoms with van der Waals surface area (Å²) in [6.45, 7) is 3.35. The Bertz CT molecular complexity index is 507. The van der Waals surface area contributed by atoms with Gasteiger partial charge in [-0.2, -0.15) is 0 Å². The van der Waals surface area contributed by atoms with Crippen LogP contribution in [-0.2, 0) is 9.53 Å². The van der Waals surface area contributed by atoms with Crippen molar-refractivity contribution in [3.05, 3.63) is 29.8 Å². The third-order valence-electron chi connectivity index (χ3n) is 4.36. The number of nitrogens with zero attached hydrogens (tertiary/aromatic N) is 1. The molecule has 0 aromatic heterocycles. The second-order valence-corrected chi connectivity index (χ2v) is 6.13. The van der Waals surface area contributed by atoms with Crippen LogP contribution in [0.5, 0.6) is 5.75 Å². The molecule has 1 aliphatic rings. The second-order valence-electron chi connectivity index (χ2n) is 6.13. The first-order valence-corrected chi connectivity index (χ1v) is 8.25. The Morgan fingerprint density at radius 2 is 2.09 bits per heavy atom. The van der Waals surface area contributed by atoms with Crippen molar-refractivity contribution in [1.82, 2.24) is 10.2 Å². The van der Waals surface area contributed by atoms with Crippen molar-refractivity contribution in [2.24, 2.45) is 5.92 Å². The lowest BCUT2D eigenvalue weighted by atomic mass is 10.1. The highest BCUT2D eigenvalue weighted by Gasteiger charge is 2.44. The summed E-state index contributed by atoms with van der Waals surface area (Å²) < 4.78 is 10.4. The van der Waals surface area contributed by atoms with E-state index in [1.54, 1.807) is 14.2 Å². The number of carbonyl (C=O) groups excluding carboxylic acids is 1. The number of benzene rings is 1. The molecular weight excluding hydrogens is 292 g/mol. The number of nitrogens with one attached hydrogen (secondary N) is 1. The fraction of sp³-hybridized carbons (Fsp3) is 0.611. The van der Waals surface area contributed by atoms with E-state index in [1.165, 1.54) is 0 Å². The number of amides is 1. The number of likely N-dealkylation sites (N-methyl/N-ethyl adjacent to an activating group) is 1. The summed E-state index contributed by atoms with van der Waals surface area (Å²) >= 11 is 0. The molecule has 0 heterocycles. The Kier molecular flexibility index (Phi) is 6.86. The fourth-order valence-corrected chi connectivity index (χ4v) is 2.85. The third-order valence-corrected chi connectivity index (χ3v) is 4.36. The van der Waals surface area contributed by atoms with Crippen LogP contribution in [0.2, 0.25) is 0 Å². The van der Waals surface area contributed by atoms with E-state index in [1.807, 2.05) is 18.2 Å². The standard InChI is InChI=1S/C18H28N2O3/c1-20(11-12-22-2)10-6-9-19-18(21)16-13-15(16)14-7-4-5-8-17(14)23-3/h4-5,7-8,15-16H,6,9-13H2,1-3H3,(H,19,21)/t15-,16-/m1/s1. The summed E-state index contributed by atoms with van der Waals surface area (Å²) in [7, 11) is 5.46. The molecular formula is C18H28N2O3. The molecule has 5 heteroatoms. The highest BCUT2D eigenvalue weighted by atomic mass is 16.5. The van der Waals surface area contributed by atoms with E-state index >= 15 is 0 Å². The summed E-state index contributed by atoms with van der Waals surface area (Å²) in [5.41, 5.74) is 1.15. The zero-order chi connectivity index (χ0) is 16.7. The average Bonchev–Trinajstić information content (AvgIpc) is 3.37. The molecule has 0 spiro atoms. The minimum absolute atomic E-state index is 0.0949. The van der Waals surface area contributed by atoms with Crippen molar-refractivity contribution in [1.29, 1.82) is 0 Å². The molecule has 128 valence electrons. The number of methoxy groups -OCH3 is 2. The topological polar surface area (TPSA) is 50.8 Å². The van der Waals surface area contributed by atoms with Gasteiger partial charge < -0.3 is 19.7 Å². The third kappa shape index (κ3) is 5.22. The molecule has 1 N–H and O–H groups in total. The molecule has 5 nitrogen and oxygen atoms in total. The van der Waals surface area contributed by atoms with Crippen molar-refractivity contribution in [2.75, 3.05) is 47.5 Å². The maximum absolute atomic E-state index is 12.2. The van der Waals surface area contributed by atoms with Crippen molar-refractivity contribution >= 4 is 5.91 Å². The molecule has 0 radical (unpaired) electrons. The van der Waals surface area contributed by atoms with E-state index in [9.17, 15) is 4.79 Å². The monoisotopic (exact) mass is 320 g/mol. The van der Waals surface area contributed by atoms with E-state index in [-0.39, 0.29) is 11.8 Å². The van der Waals surface area contributed by atoms with Gasteiger partial charge in [-0.05, 0) is 44.0 Å². The summed E-state index contributed by atoms with van der Waals surface area (Å²) in [6.07, 6.45) is 1.87. The Balaban J connectivity index is 1.68. The molecule has 2 rings (SSSR count). The number of carbonyl (C=O) groups is 1. The van der Waals surface area contributed by atoms with Gasteiger partial charge in [0.2, 0.25) is 5.91 Å². The summed E-state index contributed by atoms with van der Waals surface area (Å²) in [5, 5.41) is 3.06. The maximum Gasteiger partial charge on any atom is 0.223 e. The first-order chi connectivity index (χ1) is 11.2. The first kappa shape index (κ1) is 17.8. The highest BCUT2D eigenvalue weighted by Crippen LogP contribution is 2.50. The molecule has 1 fully saturated rings. The van der Waals surface area contributed by atoms with Gasteiger partial charge in [0.25, 0.3) is 0 Å². The maximum atomic E-state index is 12.2. The minimum atomic E-state index is 0.0949. The second kappa shape index (κ2) is 8.89. The molecule has 1 aromatic rings. The van der Waals surface area contributed by atoms with Gasteiger partial charge in [-0.1, -0.05) is 18.2 Å². The van der Waals surface area contributed by atoms with Crippen LogP contribution in [0.3, 0.4) is 0 Å². The van der Waals surface area contributed by atoms with Crippen LogP contribution in [0.25, 0.3) is 0 Å². The first-order valence-electron chi connectivity index (χ1n) is 8.25. The van der Waals surface area contributed by atoms with Crippen LogP contribution in [0.1, 0.15) is 24.3 Å². The summed E-state index contributed by atoms with van der Waals surface area (Å²) in [6, 6.07) is 7.97. The lowest BCUT2D eigenvalue weighted by molar-refractivity contribution is -0.122. The quantitative estimate of drug-likeness (QED) is 0.669. The van der Waals surface area contributed by atoms with Crippen LogP contribution < -0.4 is 10.1 Å². The minimum Gasteiger partial charge on any atom is -0.496 e. The number of rotatable bonds is 10. The molecule has 1 saturated carbocycles. The van der Waals surface area contributed by atoms with Crippen molar-refractivity contribution in [3.8, 4) is 5.75 Å². The Hall–Kier alpha value is -1.59. The molecule has 1 aliphatic carbocycles. The van der Waals surface area contributed by atoms with Crippen molar-refractivity contribution in [3.63, 3.8) is 0 Å². The van der Waals surface area contributed by atoms with Crippen LogP contribution in [0.15, 0.2) is 24.3 Å². The van der Waals surface area contributed by atoms with Gasteiger partial charge in [-0.25, -0.2) is 0 Å². The van der Waals surface area contributed by atoms with E-state index < -0.39 is 0 Å². The van der Waals surface area contributed by atoms with E-state index in [0.29, 0.717) is 5.92 Å². The van der Waals surface area contributed by atoms with E-state index in [0.717, 1.165) is 50.4 Å². The van der Waals surface area contributed by atoms with Crippen LogP contribution >= 0.6 is 0 Å². The van der Waals surface area contributed by atoms with Gasteiger partial charge in [0.1, 0.15) is 5.75 Å². The number of para-hydroxylation sites is 1. The zero-order valence-electron chi connectivity index (χ0n) is 14.4. The molecule has 0 bridgehead atoms. The van der Waals surface area contributed by atoms with E-state index in [2.05, 4.69) is 23.3 Å². The number of ether oxygens (including phenoxy) is 2. The molecule has 23 heavy (non-hydrogen) atoms. The van der Waals surface area contributed by atoms with Gasteiger partial charge in [0, 0.05) is 26.1 Å². The molecule has 1 amide bonds. The van der Waals surface area contributed by atoms with Crippen LogP contribution in [0.4, 0.5) is 0 Å². The van der Waals surface area contributed by atoms with Crippen molar-refractivity contribution in [2.45, 2.75) is 18.8 Å². The zero-order valence-corrected chi connectivity index (χ0v) is 14.4. The fourth-order valence-electron chi connectivity index (χ4n) is 2.85. The van der Waals surface area contributed by atoms with Crippen LogP contribution in [0, 0.1) is 5.92 Å². The number of hydrogen-bond acceptors (Lipinski definition) is 4. The Morgan fingerprint density at radius 3 is 2.83 bits per heavy atom. The van der Waals surface area contributed by atoms with Gasteiger partial charge in [0.05, 0.1) is 13.7 Å². The van der Waals surface area contributed by atoms with Gasteiger partial charge in [-0.3, -0.25) is 4.79 Å². The van der Waals surface area contributed by atoms with Gasteiger partial charge in [-0.15, -0.1) is 0 Å². The van der Waals surface area contributed by atoms with Crippen LogP contribution in [-0.4, -0.2) is 58.3 Å². The molecule has 0 aliphatic heterocycles. The summed E-state index contributed by atoms with van der Waals surface area (Å²) in [5.74, 6) is 1.45. The lowest BCUT2D eigenvalue weighted by Crippen LogP contribution is -2.30. The Morgan fingerprint density at radius 1 is 1.30 bits per heavy atom. The molecule has 0 unspecified atom stereocenters. The smallest absolute Gasteiger partial charge is 0.223 e. The lowest BCUT2D eigenvalue weighted by Gasteiger charge is -2.15. The van der Waals surface area contributed by atoms with Gasteiger partial charge >= 0.3 is 0 Å². The van der Waals surface area contributed by atoms with Gasteiger partial charge in [0.15, 0.2) is 0 Å². The highest BCUT2D eigenvalue weighted by molar-refractivity contribution is 5.83. The molecule has 2 atom stereocenters. The average molecular weight is 320 g/mol. The predicted molar refractivity (Wildman–Crippen MR) is 90.8 cm³/mol. The normalized spacial score (nSPS) is 19.7.